The van der Waals surface area contributed by atoms with Crippen LogP contribution in [0.5, 0.6) is 0 Å². The number of hydrogen-bond acceptors (Lipinski definition) is 5. The molecule has 0 saturated heterocycles. The van der Waals surface area contributed by atoms with E-state index in [2.05, 4.69) is 32.6 Å². The van der Waals surface area contributed by atoms with Crippen LogP contribution in [-0.4, -0.2) is 49.4 Å². The quantitative estimate of drug-likeness (QED) is 0.723. The number of nitrogens with one attached hydrogen (secondary N) is 1. The van der Waals surface area contributed by atoms with Crippen molar-refractivity contribution in [2.45, 2.75) is 37.9 Å². The summed E-state index contributed by atoms with van der Waals surface area (Å²) in [5, 5.41) is 11.4. The minimum atomic E-state index is -0.641. The standard InChI is InChI=1S/C20H21N7O2/c1-25-16-7-10-21-26(16)12-9-15(20(25)29)22-19(28)17-23-18-14(8-11-27(18)24-17)13-5-3-2-4-6-13/h2-7,10,14-15H,8-9,11-12H2,1H3,(H,22,28)/t14?,15-/m0/s1. The van der Waals surface area contributed by atoms with E-state index in [1.54, 1.807) is 28.7 Å². The van der Waals surface area contributed by atoms with E-state index in [4.69, 9.17) is 0 Å². The number of carbonyl (C=O) groups excluding carboxylic acids is 2. The number of amides is 2. The molecule has 0 aliphatic carbocycles. The number of aromatic nitrogens is 5. The van der Waals surface area contributed by atoms with E-state index >= 15 is 0 Å². The smallest absolute Gasteiger partial charge is 0.291 e. The Labute approximate surface area is 167 Å². The fourth-order valence-corrected chi connectivity index (χ4v) is 4.12. The van der Waals surface area contributed by atoms with E-state index in [0.717, 1.165) is 24.6 Å². The topological polar surface area (TPSA) is 97.9 Å². The molecule has 148 valence electrons. The predicted molar refractivity (Wildman–Crippen MR) is 104 cm³/mol. The van der Waals surface area contributed by atoms with E-state index < -0.39 is 11.9 Å². The SMILES string of the molecule is CN1C(=O)[C@@H](NC(=O)c2nc3n(n2)CCC3c2ccccc2)CCn2nccc21. The largest absolute Gasteiger partial charge is 0.337 e. The molecule has 5 rings (SSSR count). The average Bonchev–Trinajstić information content (AvgIpc) is 3.44. The highest BCUT2D eigenvalue weighted by molar-refractivity contribution is 6.00. The lowest BCUT2D eigenvalue weighted by Crippen LogP contribution is -2.47. The summed E-state index contributed by atoms with van der Waals surface area (Å²) >= 11 is 0. The Morgan fingerprint density at radius 3 is 2.72 bits per heavy atom. The second kappa shape index (κ2) is 6.84. The Bertz CT molecular complexity index is 1070. The summed E-state index contributed by atoms with van der Waals surface area (Å²) in [6, 6.07) is 11.3. The zero-order valence-corrected chi connectivity index (χ0v) is 16.0. The van der Waals surface area contributed by atoms with E-state index in [1.807, 2.05) is 18.2 Å². The molecule has 29 heavy (non-hydrogen) atoms. The number of aryl methyl sites for hydroxylation is 2. The molecule has 2 amide bonds. The van der Waals surface area contributed by atoms with Crippen molar-refractivity contribution in [3.8, 4) is 0 Å². The van der Waals surface area contributed by atoms with Crippen molar-refractivity contribution in [2.24, 2.45) is 0 Å². The summed E-state index contributed by atoms with van der Waals surface area (Å²) < 4.78 is 3.56. The van der Waals surface area contributed by atoms with Crippen LogP contribution in [0, 0.1) is 0 Å². The van der Waals surface area contributed by atoms with Gasteiger partial charge in [-0.2, -0.15) is 5.10 Å². The van der Waals surface area contributed by atoms with Crippen molar-refractivity contribution in [3.05, 3.63) is 59.8 Å². The Hall–Kier alpha value is -3.49. The predicted octanol–water partition coefficient (Wildman–Crippen LogP) is 1.18. The van der Waals surface area contributed by atoms with Gasteiger partial charge in [0.15, 0.2) is 0 Å². The summed E-state index contributed by atoms with van der Waals surface area (Å²) in [4.78, 5) is 31.6. The Morgan fingerprint density at radius 1 is 1.10 bits per heavy atom. The number of likely N-dealkylation sites (N-methyl/N-ethyl adjacent to an activating group) is 1. The molecule has 0 saturated carbocycles. The third-order valence-corrected chi connectivity index (χ3v) is 5.65. The molecule has 2 aromatic heterocycles. The van der Waals surface area contributed by atoms with Gasteiger partial charge in [-0.05, 0) is 18.4 Å². The molecule has 0 radical (unpaired) electrons. The van der Waals surface area contributed by atoms with Crippen molar-refractivity contribution in [3.63, 3.8) is 0 Å². The molecule has 2 atom stereocenters. The van der Waals surface area contributed by atoms with E-state index in [9.17, 15) is 9.59 Å². The number of rotatable bonds is 3. The Kier molecular flexibility index (Phi) is 4.15. The summed E-state index contributed by atoms with van der Waals surface area (Å²) in [7, 11) is 1.69. The van der Waals surface area contributed by atoms with E-state index in [-0.39, 0.29) is 17.6 Å². The molecule has 0 fully saturated rings. The molecule has 1 unspecified atom stereocenters. The number of nitrogens with zero attached hydrogens (tertiary/aromatic N) is 6. The van der Waals surface area contributed by atoms with Gasteiger partial charge in [0.2, 0.25) is 5.82 Å². The summed E-state index contributed by atoms with van der Waals surface area (Å²) in [5.41, 5.74) is 1.17. The summed E-state index contributed by atoms with van der Waals surface area (Å²) in [6.45, 7) is 1.27. The number of carbonyl (C=O) groups is 2. The van der Waals surface area contributed by atoms with Crippen molar-refractivity contribution < 1.29 is 9.59 Å². The molecular formula is C20H21N7O2. The number of benzene rings is 1. The van der Waals surface area contributed by atoms with Crippen molar-refractivity contribution in [1.29, 1.82) is 0 Å². The van der Waals surface area contributed by atoms with Gasteiger partial charge in [-0.15, -0.1) is 5.10 Å². The molecule has 4 heterocycles. The first-order chi connectivity index (χ1) is 14.1. The van der Waals surface area contributed by atoms with Gasteiger partial charge in [-0.25, -0.2) is 14.3 Å². The number of fused-ring (bicyclic) bond motifs is 2. The van der Waals surface area contributed by atoms with Crippen LogP contribution < -0.4 is 10.2 Å². The maximum absolute atomic E-state index is 12.8. The van der Waals surface area contributed by atoms with Crippen LogP contribution in [0.3, 0.4) is 0 Å². The first-order valence-corrected chi connectivity index (χ1v) is 9.72. The van der Waals surface area contributed by atoms with Gasteiger partial charge >= 0.3 is 0 Å². The van der Waals surface area contributed by atoms with Crippen LogP contribution in [0.2, 0.25) is 0 Å². The minimum Gasteiger partial charge on any atom is -0.337 e. The van der Waals surface area contributed by atoms with Gasteiger partial charge < -0.3 is 5.32 Å². The first-order valence-electron chi connectivity index (χ1n) is 9.72. The second-order valence-electron chi connectivity index (χ2n) is 7.39. The first kappa shape index (κ1) is 17.6. The second-order valence-corrected chi connectivity index (χ2v) is 7.39. The molecule has 9 nitrogen and oxygen atoms in total. The normalized spacial score (nSPS) is 20.9. The van der Waals surface area contributed by atoms with Gasteiger partial charge in [-0.1, -0.05) is 30.3 Å². The monoisotopic (exact) mass is 391 g/mol. The van der Waals surface area contributed by atoms with Gasteiger partial charge in [0.25, 0.3) is 11.8 Å². The molecule has 2 aliphatic rings. The van der Waals surface area contributed by atoms with E-state index in [1.165, 1.54) is 10.5 Å². The molecule has 3 aromatic rings. The third-order valence-electron chi connectivity index (χ3n) is 5.65. The van der Waals surface area contributed by atoms with Gasteiger partial charge in [0, 0.05) is 32.1 Å². The van der Waals surface area contributed by atoms with Crippen LogP contribution >= 0.6 is 0 Å². The maximum atomic E-state index is 12.8. The fraction of sp³-hybridized carbons (Fsp3) is 0.350. The molecule has 1 aromatic carbocycles. The maximum Gasteiger partial charge on any atom is 0.291 e. The lowest BCUT2D eigenvalue weighted by atomic mass is 9.97. The van der Waals surface area contributed by atoms with Crippen LogP contribution in [0.15, 0.2) is 42.6 Å². The summed E-state index contributed by atoms with van der Waals surface area (Å²) in [6.07, 6.45) is 3.04. The van der Waals surface area contributed by atoms with Crippen LogP contribution in [0.4, 0.5) is 5.82 Å². The molecular weight excluding hydrogens is 370 g/mol. The third kappa shape index (κ3) is 2.98. The van der Waals surface area contributed by atoms with Crippen molar-refractivity contribution >= 4 is 17.6 Å². The Morgan fingerprint density at radius 2 is 1.90 bits per heavy atom. The van der Waals surface area contributed by atoms with Gasteiger partial charge in [0.05, 0.1) is 6.20 Å². The lowest BCUT2D eigenvalue weighted by molar-refractivity contribution is -0.120. The van der Waals surface area contributed by atoms with Crippen LogP contribution in [-0.2, 0) is 17.9 Å². The fourth-order valence-electron chi connectivity index (χ4n) is 4.12. The molecule has 1 N–H and O–H groups in total. The zero-order chi connectivity index (χ0) is 20.0. The number of hydrogen-bond donors (Lipinski definition) is 1. The van der Waals surface area contributed by atoms with Crippen molar-refractivity contribution in [2.75, 3.05) is 11.9 Å². The number of anilines is 1. The highest BCUT2D eigenvalue weighted by Gasteiger charge is 2.33. The highest BCUT2D eigenvalue weighted by Crippen LogP contribution is 2.32. The lowest BCUT2D eigenvalue weighted by Gasteiger charge is -2.19. The molecule has 0 spiro atoms. The molecule has 0 bridgehead atoms. The van der Waals surface area contributed by atoms with E-state index in [0.29, 0.717) is 13.0 Å². The Balaban J connectivity index is 1.34. The van der Waals surface area contributed by atoms with Crippen LogP contribution in [0.25, 0.3) is 0 Å². The summed E-state index contributed by atoms with van der Waals surface area (Å²) in [5.74, 6) is 1.16. The van der Waals surface area contributed by atoms with Gasteiger partial charge in [-0.3, -0.25) is 14.5 Å². The van der Waals surface area contributed by atoms with Gasteiger partial charge in [0.1, 0.15) is 17.7 Å². The zero-order valence-electron chi connectivity index (χ0n) is 16.0. The highest BCUT2D eigenvalue weighted by atomic mass is 16.2. The average molecular weight is 391 g/mol. The molecule has 2 aliphatic heterocycles. The van der Waals surface area contributed by atoms with Crippen molar-refractivity contribution in [1.82, 2.24) is 29.9 Å². The minimum absolute atomic E-state index is 0.109. The van der Waals surface area contributed by atoms with Crippen LogP contribution in [0.1, 0.15) is 40.8 Å². The molecule has 9 heteroatoms.